The van der Waals surface area contributed by atoms with Crippen LogP contribution in [0.3, 0.4) is 0 Å². The molecule has 5 nitrogen and oxygen atoms in total. The van der Waals surface area contributed by atoms with E-state index in [4.69, 9.17) is 10.5 Å². The molecular formula is C31H42BrN3O2. The minimum Gasteiger partial charge on any atom is -0.487 e. The first-order valence-corrected chi connectivity index (χ1v) is 13.3. The van der Waals surface area contributed by atoms with E-state index in [-0.39, 0.29) is 17.0 Å². The first kappa shape index (κ1) is 30.4. The van der Waals surface area contributed by atoms with Crippen molar-refractivity contribution in [2.75, 3.05) is 18.4 Å². The van der Waals surface area contributed by atoms with Crippen LogP contribution in [0.25, 0.3) is 0 Å². The molecule has 2 amide bonds. The molecule has 4 N–H and O–H groups in total. The van der Waals surface area contributed by atoms with Crippen LogP contribution in [0.1, 0.15) is 60.9 Å². The Balaban J connectivity index is 0.00000481. The van der Waals surface area contributed by atoms with Crippen molar-refractivity contribution >= 4 is 28.7 Å². The van der Waals surface area contributed by atoms with E-state index in [0.717, 1.165) is 43.5 Å². The molecule has 3 aromatic carbocycles. The van der Waals surface area contributed by atoms with Crippen LogP contribution in [-0.4, -0.2) is 19.1 Å². The summed E-state index contributed by atoms with van der Waals surface area (Å²) in [5.41, 5.74) is 12.6. The summed E-state index contributed by atoms with van der Waals surface area (Å²) in [6, 6.07) is 22.3. The van der Waals surface area contributed by atoms with Gasteiger partial charge in [-0.1, -0.05) is 81.3 Å². The number of primary amides is 1. The van der Waals surface area contributed by atoms with Crippen LogP contribution < -0.4 is 21.1 Å². The number of rotatable bonds is 15. The van der Waals surface area contributed by atoms with E-state index >= 15 is 0 Å². The lowest BCUT2D eigenvalue weighted by Gasteiger charge is -2.14. The molecule has 0 saturated heterocycles. The summed E-state index contributed by atoms with van der Waals surface area (Å²) >= 11 is 0. The lowest BCUT2D eigenvalue weighted by atomic mass is 9.96. The van der Waals surface area contributed by atoms with E-state index in [1.165, 1.54) is 42.4 Å². The van der Waals surface area contributed by atoms with Gasteiger partial charge in [-0.2, -0.15) is 0 Å². The predicted molar refractivity (Wildman–Crippen MR) is 160 cm³/mol. The quantitative estimate of drug-likeness (QED) is 0.173. The number of ether oxygens (including phenoxy) is 1. The van der Waals surface area contributed by atoms with Gasteiger partial charge in [-0.15, -0.1) is 17.0 Å². The van der Waals surface area contributed by atoms with Crippen molar-refractivity contribution in [2.45, 2.75) is 65.4 Å². The van der Waals surface area contributed by atoms with Gasteiger partial charge in [0.25, 0.3) is 0 Å². The summed E-state index contributed by atoms with van der Waals surface area (Å²) in [7, 11) is 0. The highest BCUT2D eigenvalue weighted by Gasteiger charge is 2.09. The lowest BCUT2D eigenvalue weighted by Crippen LogP contribution is -2.21. The third kappa shape index (κ3) is 10.6. The number of hydrogen-bond acceptors (Lipinski definition) is 3. The molecule has 0 heterocycles. The summed E-state index contributed by atoms with van der Waals surface area (Å²) in [5.74, 6) is 0.611. The maximum atomic E-state index is 11.5. The van der Waals surface area contributed by atoms with Crippen LogP contribution in [0, 0.1) is 0 Å². The van der Waals surface area contributed by atoms with Gasteiger partial charge in [0, 0.05) is 0 Å². The maximum absolute atomic E-state index is 11.5. The number of carbonyl (C=O) groups is 1. The fourth-order valence-electron chi connectivity index (χ4n) is 4.37. The smallest absolute Gasteiger partial charge is 0.316 e. The summed E-state index contributed by atoms with van der Waals surface area (Å²) < 4.78 is 5.95. The Hall–Kier alpha value is -2.83. The van der Waals surface area contributed by atoms with Gasteiger partial charge in [-0.05, 0) is 85.1 Å². The average molecular weight is 569 g/mol. The molecule has 0 aromatic heterocycles. The third-order valence-corrected chi connectivity index (χ3v) is 6.31. The summed E-state index contributed by atoms with van der Waals surface area (Å²) in [6.07, 6.45) is 7.86. The summed E-state index contributed by atoms with van der Waals surface area (Å²) in [6.45, 7) is 6.72. The summed E-state index contributed by atoms with van der Waals surface area (Å²) in [5, 5.41) is 6.28. The molecular weight excluding hydrogens is 526 g/mol. The third-order valence-electron chi connectivity index (χ3n) is 6.31. The fraction of sp³-hybridized carbons (Fsp3) is 0.387. The lowest BCUT2D eigenvalue weighted by molar-refractivity contribution is 0.259. The van der Waals surface area contributed by atoms with Gasteiger partial charge < -0.3 is 21.1 Å². The van der Waals surface area contributed by atoms with Crippen molar-refractivity contribution in [1.29, 1.82) is 0 Å². The van der Waals surface area contributed by atoms with Gasteiger partial charge in [0.05, 0.1) is 5.69 Å². The molecule has 0 spiro atoms. The van der Waals surface area contributed by atoms with Gasteiger partial charge >= 0.3 is 6.03 Å². The van der Waals surface area contributed by atoms with Crippen molar-refractivity contribution in [1.82, 2.24) is 5.32 Å². The molecule has 37 heavy (non-hydrogen) atoms. The van der Waals surface area contributed by atoms with E-state index in [2.05, 4.69) is 42.7 Å². The van der Waals surface area contributed by atoms with Crippen LogP contribution in [-0.2, 0) is 32.3 Å². The summed E-state index contributed by atoms with van der Waals surface area (Å²) in [4.78, 5) is 11.5. The van der Waals surface area contributed by atoms with Crippen molar-refractivity contribution in [3.63, 3.8) is 0 Å². The van der Waals surface area contributed by atoms with E-state index in [0.29, 0.717) is 18.0 Å². The highest BCUT2D eigenvalue weighted by molar-refractivity contribution is 8.93. The normalized spacial score (nSPS) is 10.5. The minimum atomic E-state index is -0.599. The molecule has 3 aromatic rings. The largest absolute Gasteiger partial charge is 0.487 e. The average Bonchev–Trinajstić information content (AvgIpc) is 2.88. The number of benzene rings is 3. The van der Waals surface area contributed by atoms with E-state index in [9.17, 15) is 4.79 Å². The molecule has 0 fully saturated rings. The Morgan fingerprint density at radius 1 is 0.784 bits per heavy atom. The molecule has 0 saturated carbocycles. The second-order valence-electron chi connectivity index (χ2n) is 9.30. The second-order valence-corrected chi connectivity index (χ2v) is 9.30. The number of amides is 2. The Morgan fingerprint density at radius 3 is 2.24 bits per heavy atom. The van der Waals surface area contributed by atoms with Gasteiger partial charge in [0.1, 0.15) is 12.4 Å². The number of hydrogen-bond donors (Lipinski definition) is 3. The number of aryl methyl sites for hydroxylation is 2. The minimum absolute atomic E-state index is 0. The van der Waals surface area contributed by atoms with E-state index < -0.39 is 6.03 Å². The number of unbranched alkanes of at least 4 members (excludes halogenated alkanes) is 1. The van der Waals surface area contributed by atoms with Gasteiger partial charge in [-0.25, -0.2) is 4.79 Å². The Morgan fingerprint density at radius 2 is 1.51 bits per heavy atom. The molecule has 0 radical (unpaired) electrons. The molecule has 3 rings (SSSR count). The SMILES string of the molecule is Br.CCCCc1ccc(CCNCCc2ccc(OCc3ccccc3)c(NC(N)=O)c2)c(CCC)c1. The van der Waals surface area contributed by atoms with Crippen LogP contribution in [0.2, 0.25) is 0 Å². The van der Waals surface area contributed by atoms with Crippen LogP contribution in [0.15, 0.2) is 66.7 Å². The van der Waals surface area contributed by atoms with E-state index in [1.54, 1.807) is 0 Å². The zero-order valence-electron chi connectivity index (χ0n) is 22.2. The van der Waals surface area contributed by atoms with Crippen molar-refractivity contribution in [3.8, 4) is 5.75 Å². The number of urea groups is 1. The van der Waals surface area contributed by atoms with Crippen molar-refractivity contribution in [3.05, 3.63) is 94.5 Å². The predicted octanol–water partition coefficient (Wildman–Crippen LogP) is 7.00. The maximum Gasteiger partial charge on any atom is 0.316 e. The fourth-order valence-corrected chi connectivity index (χ4v) is 4.37. The molecule has 0 aliphatic carbocycles. The van der Waals surface area contributed by atoms with E-state index in [1.807, 2.05) is 48.5 Å². The van der Waals surface area contributed by atoms with Crippen LogP contribution in [0.5, 0.6) is 5.75 Å². The number of nitrogens with two attached hydrogens (primary N) is 1. The molecule has 0 bridgehead atoms. The molecule has 6 heteroatoms. The monoisotopic (exact) mass is 567 g/mol. The standard InChI is InChI=1S/C31H41N3O2.BrH/c1-3-5-10-24-13-15-27(28(21-24)9-4-2)18-20-33-19-17-25-14-16-30(29(22-25)34-31(32)35)36-23-26-11-7-6-8-12-26;/h6-8,11-16,21-22,33H,3-5,9-10,17-20,23H2,1-2H3,(H3,32,34,35);1H. The van der Waals surface area contributed by atoms with Crippen LogP contribution >= 0.6 is 17.0 Å². The Labute approximate surface area is 233 Å². The number of carbonyl (C=O) groups excluding carboxylic acids is 1. The van der Waals surface area contributed by atoms with Crippen LogP contribution in [0.4, 0.5) is 10.5 Å². The molecule has 0 aliphatic heterocycles. The Kier molecular flexibility index (Phi) is 13.8. The number of halogens is 1. The first-order valence-electron chi connectivity index (χ1n) is 13.3. The molecule has 0 unspecified atom stereocenters. The number of nitrogens with one attached hydrogen (secondary N) is 2. The van der Waals surface area contributed by atoms with Crippen molar-refractivity contribution < 1.29 is 9.53 Å². The molecule has 0 atom stereocenters. The van der Waals surface area contributed by atoms with Gasteiger partial charge in [0.15, 0.2) is 0 Å². The topological polar surface area (TPSA) is 76.4 Å². The molecule has 200 valence electrons. The highest BCUT2D eigenvalue weighted by atomic mass is 79.9. The number of anilines is 1. The molecule has 0 aliphatic rings. The Bertz CT molecular complexity index is 1090. The zero-order valence-corrected chi connectivity index (χ0v) is 23.9. The highest BCUT2D eigenvalue weighted by Crippen LogP contribution is 2.27. The van der Waals surface area contributed by atoms with Gasteiger partial charge in [-0.3, -0.25) is 0 Å². The second kappa shape index (κ2) is 16.8. The first-order chi connectivity index (χ1) is 17.6. The van der Waals surface area contributed by atoms with Gasteiger partial charge in [0.2, 0.25) is 0 Å². The van der Waals surface area contributed by atoms with Crippen molar-refractivity contribution in [2.24, 2.45) is 5.73 Å². The zero-order chi connectivity index (χ0) is 25.6.